The van der Waals surface area contributed by atoms with Gasteiger partial charge in [-0.3, -0.25) is 15.0 Å². The van der Waals surface area contributed by atoms with Gasteiger partial charge in [-0.2, -0.15) is 0 Å². The Morgan fingerprint density at radius 1 is 0.767 bits per heavy atom. The van der Waals surface area contributed by atoms with E-state index in [1.54, 1.807) is 0 Å². The van der Waals surface area contributed by atoms with Crippen LogP contribution in [-0.4, -0.2) is 28.0 Å². The largest absolute Gasteiger partial charge is 0.384 e. The van der Waals surface area contributed by atoms with Crippen molar-refractivity contribution < 1.29 is 0 Å². The van der Waals surface area contributed by atoms with Gasteiger partial charge in [0.1, 0.15) is 0 Å². The Kier molecular flexibility index (Phi) is 6.72. The van der Waals surface area contributed by atoms with Crippen LogP contribution in [0, 0.1) is 0 Å². The molecule has 0 fully saturated rings. The van der Waals surface area contributed by atoms with Gasteiger partial charge in [0.25, 0.3) is 0 Å². The van der Waals surface area contributed by atoms with E-state index in [0.29, 0.717) is 5.02 Å². The van der Waals surface area contributed by atoms with Crippen LogP contribution in [0.5, 0.6) is 0 Å². The van der Waals surface area contributed by atoms with Gasteiger partial charge in [-0.25, -0.2) is 0 Å². The second-order valence-corrected chi connectivity index (χ2v) is 7.51. The molecule has 0 saturated carbocycles. The quantitative estimate of drug-likeness (QED) is 0.333. The molecule has 0 amide bonds. The van der Waals surface area contributed by atoms with E-state index in [-0.39, 0.29) is 0 Å². The first-order valence-electron chi connectivity index (χ1n) is 10.2. The molecule has 5 nitrogen and oxygen atoms in total. The molecule has 0 aliphatic carbocycles. The number of benzene rings is 1. The van der Waals surface area contributed by atoms with E-state index in [4.69, 9.17) is 11.6 Å². The van der Waals surface area contributed by atoms with Crippen LogP contribution in [0.3, 0.4) is 0 Å². The predicted octanol–water partition coefficient (Wildman–Crippen LogP) is 6.10. The molecule has 6 heteroatoms. The number of pyridine rings is 3. The summed E-state index contributed by atoms with van der Waals surface area (Å²) in [5, 5.41) is 5.35. The summed E-state index contributed by atoms with van der Waals surface area (Å²) in [5.41, 5.74) is 4.32. The lowest BCUT2D eigenvalue weighted by atomic mass is 10.1. The van der Waals surface area contributed by atoms with Crippen LogP contribution in [0.1, 0.15) is 19.3 Å². The molecule has 1 N–H and O–H groups in total. The summed E-state index contributed by atoms with van der Waals surface area (Å²) in [4.78, 5) is 15.0. The minimum Gasteiger partial charge on any atom is -0.384 e. The number of fused-ring (bicyclic) bond motifs is 1. The molecule has 30 heavy (non-hydrogen) atoms. The molecule has 0 aliphatic rings. The summed E-state index contributed by atoms with van der Waals surface area (Å²) >= 11 is 6.08. The second-order valence-electron chi connectivity index (χ2n) is 7.07. The molecule has 4 aromatic rings. The maximum Gasteiger partial charge on any atom is 0.0737 e. The number of hydrogen-bond donors (Lipinski definition) is 1. The molecule has 3 heterocycles. The summed E-state index contributed by atoms with van der Waals surface area (Å²) in [6, 6.07) is 16.0. The van der Waals surface area contributed by atoms with Crippen molar-refractivity contribution in [2.24, 2.45) is 0 Å². The molecule has 3 aromatic heterocycles. The second kappa shape index (κ2) is 10.0. The highest BCUT2D eigenvalue weighted by atomic mass is 35.5. The molecule has 0 spiro atoms. The molecular weight excluding hydrogens is 394 g/mol. The Morgan fingerprint density at radius 2 is 1.47 bits per heavy atom. The molecule has 0 radical (unpaired) electrons. The van der Waals surface area contributed by atoms with Crippen molar-refractivity contribution in [1.29, 1.82) is 0 Å². The van der Waals surface area contributed by atoms with Crippen LogP contribution >= 0.6 is 11.6 Å². The number of rotatable bonds is 9. The van der Waals surface area contributed by atoms with Crippen LogP contribution in [0.4, 0.5) is 17.1 Å². The van der Waals surface area contributed by atoms with Gasteiger partial charge < -0.3 is 10.2 Å². The molecule has 0 unspecified atom stereocenters. The molecule has 152 valence electrons. The number of unbranched alkanes of at least 4 members (excludes halogenated alkanes) is 2. The average molecular weight is 418 g/mol. The van der Waals surface area contributed by atoms with E-state index in [1.807, 2.05) is 79.5 Å². The first-order chi connectivity index (χ1) is 14.8. The molecule has 0 aliphatic heterocycles. The van der Waals surface area contributed by atoms with Crippen molar-refractivity contribution in [2.75, 3.05) is 23.3 Å². The maximum absolute atomic E-state index is 6.08. The van der Waals surface area contributed by atoms with E-state index in [2.05, 4.69) is 25.2 Å². The first kappa shape index (κ1) is 20.1. The molecule has 1 aromatic carbocycles. The zero-order valence-corrected chi connectivity index (χ0v) is 17.5. The number of hydrogen-bond acceptors (Lipinski definition) is 5. The van der Waals surface area contributed by atoms with Crippen molar-refractivity contribution in [3.8, 4) is 0 Å². The zero-order chi connectivity index (χ0) is 20.6. The van der Waals surface area contributed by atoms with Gasteiger partial charge in [-0.15, -0.1) is 0 Å². The third-order valence-corrected chi connectivity index (χ3v) is 5.26. The van der Waals surface area contributed by atoms with Crippen molar-refractivity contribution in [3.05, 3.63) is 84.5 Å². The fraction of sp³-hybridized carbons (Fsp3) is 0.208. The molecular formula is C24H24ClN5. The Hall–Kier alpha value is -3.18. The third kappa shape index (κ3) is 5.05. The molecule has 0 atom stereocenters. The first-order valence-corrected chi connectivity index (χ1v) is 10.5. The summed E-state index contributed by atoms with van der Waals surface area (Å²) in [7, 11) is 0. The van der Waals surface area contributed by atoms with Gasteiger partial charge in [0, 0.05) is 71.5 Å². The lowest BCUT2D eigenvalue weighted by Crippen LogP contribution is -2.18. The summed E-state index contributed by atoms with van der Waals surface area (Å²) in [5.74, 6) is 0. The van der Waals surface area contributed by atoms with E-state index in [9.17, 15) is 0 Å². The zero-order valence-electron chi connectivity index (χ0n) is 16.7. The van der Waals surface area contributed by atoms with Gasteiger partial charge >= 0.3 is 0 Å². The fourth-order valence-corrected chi connectivity index (χ4v) is 3.69. The third-order valence-electron chi connectivity index (χ3n) is 5.03. The van der Waals surface area contributed by atoms with Crippen molar-refractivity contribution in [1.82, 2.24) is 15.0 Å². The van der Waals surface area contributed by atoms with Gasteiger partial charge in [-0.1, -0.05) is 11.6 Å². The summed E-state index contributed by atoms with van der Waals surface area (Å²) in [6.45, 7) is 1.87. The predicted molar refractivity (Wildman–Crippen MR) is 125 cm³/mol. The molecule has 4 rings (SSSR count). The lowest BCUT2D eigenvalue weighted by molar-refractivity contribution is 0.698. The highest BCUT2D eigenvalue weighted by Gasteiger charge is 2.08. The van der Waals surface area contributed by atoms with E-state index < -0.39 is 0 Å². The highest BCUT2D eigenvalue weighted by Crippen LogP contribution is 2.26. The van der Waals surface area contributed by atoms with E-state index >= 15 is 0 Å². The van der Waals surface area contributed by atoms with Gasteiger partial charge in [0.2, 0.25) is 0 Å². The van der Waals surface area contributed by atoms with Crippen LogP contribution in [0.15, 0.2) is 79.5 Å². The monoisotopic (exact) mass is 417 g/mol. The topological polar surface area (TPSA) is 53.9 Å². The SMILES string of the molecule is Clc1ccc2c(NCCCCCN(c3ccncc3)c3ccncc3)ccnc2c1. The van der Waals surface area contributed by atoms with E-state index in [1.165, 1.54) is 0 Å². The van der Waals surface area contributed by atoms with Gasteiger partial charge in [0.05, 0.1) is 5.52 Å². The summed E-state index contributed by atoms with van der Waals surface area (Å²) in [6.07, 6.45) is 12.5. The smallest absolute Gasteiger partial charge is 0.0737 e. The van der Waals surface area contributed by atoms with Crippen molar-refractivity contribution in [3.63, 3.8) is 0 Å². The number of nitrogens with one attached hydrogen (secondary N) is 1. The fourth-order valence-electron chi connectivity index (χ4n) is 3.53. The summed E-state index contributed by atoms with van der Waals surface area (Å²) < 4.78 is 0. The van der Waals surface area contributed by atoms with Crippen molar-refractivity contribution in [2.45, 2.75) is 19.3 Å². The normalized spacial score (nSPS) is 10.8. The Labute approximate surface area is 181 Å². The average Bonchev–Trinajstić information content (AvgIpc) is 2.79. The molecule has 0 saturated heterocycles. The minimum atomic E-state index is 0.708. The van der Waals surface area contributed by atoms with Crippen LogP contribution in [-0.2, 0) is 0 Å². The van der Waals surface area contributed by atoms with Gasteiger partial charge in [0.15, 0.2) is 0 Å². The Bertz CT molecular complexity index is 1030. The van der Waals surface area contributed by atoms with Crippen molar-refractivity contribution >= 4 is 39.6 Å². The number of anilines is 3. The van der Waals surface area contributed by atoms with Crippen LogP contribution in [0.2, 0.25) is 5.02 Å². The van der Waals surface area contributed by atoms with E-state index in [0.717, 1.165) is 60.3 Å². The highest BCUT2D eigenvalue weighted by molar-refractivity contribution is 6.31. The maximum atomic E-state index is 6.08. The standard InChI is InChI=1S/C24H24ClN5/c25-19-4-5-22-23(10-16-29-24(22)18-19)28-11-2-1-3-17-30(20-6-12-26-13-7-20)21-8-14-27-15-9-21/h4-10,12-16,18H,1-3,11,17H2,(H,28,29). The Balaban J connectivity index is 1.30. The van der Waals surface area contributed by atoms with Crippen LogP contribution in [0.25, 0.3) is 10.9 Å². The number of halogens is 1. The lowest BCUT2D eigenvalue weighted by Gasteiger charge is -2.24. The minimum absolute atomic E-state index is 0.708. The van der Waals surface area contributed by atoms with Gasteiger partial charge in [-0.05, 0) is 67.8 Å². The van der Waals surface area contributed by atoms with Crippen LogP contribution < -0.4 is 10.2 Å². The molecule has 0 bridgehead atoms. The number of nitrogens with zero attached hydrogens (tertiary/aromatic N) is 4. The number of aromatic nitrogens is 3. The Morgan fingerprint density at radius 3 is 2.17 bits per heavy atom.